The second-order valence-corrected chi connectivity index (χ2v) is 9.72. The van der Waals surface area contributed by atoms with Gasteiger partial charge in [-0.2, -0.15) is 0 Å². The first-order valence-corrected chi connectivity index (χ1v) is 11.5. The highest BCUT2D eigenvalue weighted by molar-refractivity contribution is 5.89. The Morgan fingerprint density at radius 2 is 1.68 bits per heavy atom. The average Bonchev–Trinajstić information content (AvgIpc) is 3.23. The number of rotatable bonds is 7. The Hall–Kier alpha value is -3.39. The van der Waals surface area contributed by atoms with E-state index in [0.717, 1.165) is 28.7 Å². The van der Waals surface area contributed by atoms with Crippen LogP contribution < -0.4 is 10.6 Å². The van der Waals surface area contributed by atoms with Crippen LogP contribution in [0.2, 0.25) is 0 Å². The number of fused-ring (bicyclic) bond motifs is 3. The van der Waals surface area contributed by atoms with Crippen molar-refractivity contribution in [2.45, 2.75) is 50.2 Å². The average molecular weight is 466 g/mol. The maximum absolute atomic E-state index is 12.8. The Kier molecular flexibility index (Phi) is 6.61. The van der Waals surface area contributed by atoms with Gasteiger partial charge in [0.15, 0.2) is 0 Å². The lowest BCUT2D eigenvalue weighted by Crippen LogP contribution is -2.51. The lowest BCUT2D eigenvalue weighted by molar-refractivity contribution is -0.140. The number of carbonyl (C=O) groups excluding carboxylic acids is 2. The topological polar surface area (TPSA) is 108 Å². The van der Waals surface area contributed by atoms with Crippen molar-refractivity contribution < 1.29 is 24.2 Å². The molecule has 2 aliphatic rings. The number of carboxylic acids is 1. The molecule has 0 spiro atoms. The van der Waals surface area contributed by atoms with Crippen molar-refractivity contribution in [2.75, 3.05) is 20.2 Å². The third-order valence-electron chi connectivity index (χ3n) is 6.95. The van der Waals surface area contributed by atoms with Gasteiger partial charge >= 0.3 is 12.1 Å². The minimum absolute atomic E-state index is 0.0690. The van der Waals surface area contributed by atoms with E-state index >= 15 is 0 Å². The molecule has 2 unspecified atom stereocenters. The number of ether oxygens (including phenoxy) is 1. The molecule has 2 aromatic rings. The zero-order valence-electron chi connectivity index (χ0n) is 19.7. The normalized spacial score (nSPS) is 19.7. The Bertz CT molecular complexity index is 1050. The molecule has 1 fully saturated rings. The van der Waals surface area contributed by atoms with Crippen LogP contribution >= 0.6 is 0 Å². The molecule has 2 aromatic carbocycles. The second kappa shape index (κ2) is 9.46. The minimum atomic E-state index is -1.22. The highest BCUT2D eigenvalue weighted by atomic mass is 16.5. The maximum Gasteiger partial charge on any atom is 0.407 e. The van der Waals surface area contributed by atoms with Gasteiger partial charge in [0, 0.05) is 24.0 Å². The fraction of sp³-hybridized carbons (Fsp3) is 0.423. The van der Waals surface area contributed by atoms with Gasteiger partial charge in [0.2, 0.25) is 5.91 Å². The molecule has 1 aliphatic carbocycles. The molecule has 2 amide bonds. The number of amides is 2. The lowest BCUT2D eigenvalue weighted by Gasteiger charge is -2.26. The van der Waals surface area contributed by atoms with E-state index in [-0.39, 0.29) is 24.1 Å². The van der Waals surface area contributed by atoms with Crippen molar-refractivity contribution in [1.82, 2.24) is 15.5 Å². The summed E-state index contributed by atoms with van der Waals surface area (Å²) in [4.78, 5) is 38.9. The number of benzene rings is 2. The number of alkyl carbamates (subject to hydrolysis) is 1. The number of hydrogen-bond acceptors (Lipinski definition) is 5. The van der Waals surface area contributed by atoms with Crippen molar-refractivity contribution >= 4 is 18.0 Å². The van der Waals surface area contributed by atoms with E-state index in [1.165, 1.54) is 0 Å². The molecule has 2 atom stereocenters. The molecule has 8 nitrogen and oxygen atoms in total. The molecule has 0 bridgehead atoms. The molecule has 0 saturated carbocycles. The molecule has 3 N–H and O–H groups in total. The highest BCUT2D eigenvalue weighted by Gasteiger charge is 2.38. The Morgan fingerprint density at radius 1 is 1.09 bits per heavy atom. The van der Waals surface area contributed by atoms with Gasteiger partial charge in [-0.3, -0.25) is 14.5 Å². The van der Waals surface area contributed by atoms with E-state index in [1.807, 2.05) is 55.6 Å². The van der Waals surface area contributed by atoms with Crippen LogP contribution in [0.1, 0.15) is 43.7 Å². The zero-order valence-corrected chi connectivity index (χ0v) is 19.7. The van der Waals surface area contributed by atoms with Gasteiger partial charge in [-0.05, 0) is 49.6 Å². The Balaban J connectivity index is 1.39. The van der Waals surface area contributed by atoms with Crippen LogP contribution in [-0.2, 0) is 14.3 Å². The van der Waals surface area contributed by atoms with E-state index in [9.17, 15) is 19.5 Å². The molecule has 0 aromatic heterocycles. The summed E-state index contributed by atoms with van der Waals surface area (Å²) < 4.78 is 5.49. The number of likely N-dealkylation sites (tertiary alicyclic amines) is 1. The van der Waals surface area contributed by atoms with Gasteiger partial charge in [0.1, 0.15) is 12.6 Å². The fourth-order valence-corrected chi connectivity index (χ4v) is 4.97. The first kappa shape index (κ1) is 23.8. The van der Waals surface area contributed by atoms with E-state index in [0.29, 0.717) is 6.54 Å². The van der Waals surface area contributed by atoms with Gasteiger partial charge in [0.05, 0.1) is 6.42 Å². The highest BCUT2D eigenvalue weighted by Crippen LogP contribution is 2.44. The number of nitrogens with one attached hydrogen (secondary N) is 2. The van der Waals surface area contributed by atoms with Crippen LogP contribution in [0.4, 0.5) is 4.79 Å². The molecular formula is C26H31N3O5. The monoisotopic (exact) mass is 465 g/mol. The Labute approximate surface area is 199 Å². The largest absolute Gasteiger partial charge is 0.481 e. The first-order chi connectivity index (χ1) is 16.2. The minimum Gasteiger partial charge on any atom is -0.481 e. The summed E-state index contributed by atoms with van der Waals surface area (Å²) >= 11 is 0. The third-order valence-corrected chi connectivity index (χ3v) is 6.95. The van der Waals surface area contributed by atoms with Crippen LogP contribution in [0.15, 0.2) is 48.5 Å². The standard InChI is InChI=1S/C26H31N3O5/c1-26(2)13-16(14-29(26)3)27-24(32)22(12-23(30)31)28-25(33)34-15-21-19-10-6-4-8-17(19)18-9-5-7-11-20(18)21/h4-11,16,21-22H,12-15H2,1-3H3,(H,27,32)(H,28,33)(H,30,31). The maximum atomic E-state index is 12.8. The number of carbonyl (C=O) groups is 3. The number of aliphatic carboxylic acids is 1. The van der Waals surface area contributed by atoms with Crippen LogP contribution in [0.25, 0.3) is 11.1 Å². The number of hydrogen-bond donors (Lipinski definition) is 3. The predicted octanol–water partition coefficient (Wildman–Crippen LogP) is 2.97. The molecule has 1 saturated heterocycles. The van der Waals surface area contributed by atoms with Crippen LogP contribution in [-0.4, -0.2) is 65.8 Å². The summed E-state index contributed by atoms with van der Waals surface area (Å²) in [6.07, 6.45) is -0.603. The first-order valence-electron chi connectivity index (χ1n) is 11.5. The van der Waals surface area contributed by atoms with Gasteiger partial charge in [-0.15, -0.1) is 0 Å². The van der Waals surface area contributed by atoms with Crippen molar-refractivity contribution in [1.29, 1.82) is 0 Å². The van der Waals surface area contributed by atoms with Gasteiger partial charge in [-0.1, -0.05) is 48.5 Å². The second-order valence-electron chi connectivity index (χ2n) is 9.72. The Morgan fingerprint density at radius 3 is 2.21 bits per heavy atom. The third kappa shape index (κ3) is 4.92. The summed E-state index contributed by atoms with van der Waals surface area (Å²) in [5, 5.41) is 14.6. The van der Waals surface area contributed by atoms with Crippen molar-refractivity contribution in [3.63, 3.8) is 0 Å². The summed E-state index contributed by atoms with van der Waals surface area (Å²) in [5.74, 6) is -1.82. The van der Waals surface area contributed by atoms with Gasteiger partial charge < -0.3 is 20.5 Å². The van der Waals surface area contributed by atoms with E-state index in [1.54, 1.807) is 0 Å². The number of carboxylic acid groups (broad SMARTS) is 1. The van der Waals surface area contributed by atoms with Crippen molar-refractivity contribution in [3.05, 3.63) is 59.7 Å². The molecule has 0 radical (unpaired) electrons. The molecule has 180 valence electrons. The molecule has 1 heterocycles. The van der Waals surface area contributed by atoms with E-state index in [4.69, 9.17) is 4.74 Å². The van der Waals surface area contributed by atoms with E-state index in [2.05, 4.69) is 29.4 Å². The molecule has 4 rings (SSSR count). The molecule has 34 heavy (non-hydrogen) atoms. The zero-order chi connectivity index (χ0) is 24.5. The summed E-state index contributed by atoms with van der Waals surface area (Å²) in [6.45, 7) is 4.91. The van der Waals surface area contributed by atoms with Crippen LogP contribution in [0.5, 0.6) is 0 Å². The molecule has 1 aliphatic heterocycles. The molecular weight excluding hydrogens is 434 g/mol. The predicted molar refractivity (Wildman–Crippen MR) is 128 cm³/mol. The smallest absolute Gasteiger partial charge is 0.407 e. The van der Waals surface area contributed by atoms with Crippen LogP contribution in [0.3, 0.4) is 0 Å². The quantitative estimate of drug-likeness (QED) is 0.580. The summed E-state index contributed by atoms with van der Waals surface area (Å²) in [6, 6.07) is 14.6. The number of nitrogens with zero attached hydrogens (tertiary/aromatic N) is 1. The van der Waals surface area contributed by atoms with Crippen molar-refractivity contribution in [3.8, 4) is 11.1 Å². The lowest BCUT2D eigenvalue weighted by atomic mass is 9.98. The molecule has 8 heteroatoms. The summed E-state index contributed by atoms with van der Waals surface area (Å²) in [7, 11) is 1.98. The number of likely N-dealkylation sites (N-methyl/N-ethyl adjacent to an activating group) is 1. The van der Waals surface area contributed by atoms with E-state index < -0.39 is 30.4 Å². The SMILES string of the molecule is CN1CC(NC(=O)C(CC(=O)O)NC(=O)OCC2c3ccccc3-c3ccccc32)CC1(C)C. The van der Waals surface area contributed by atoms with Gasteiger partial charge in [0.25, 0.3) is 0 Å². The van der Waals surface area contributed by atoms with Gasteiger partial charge in [-0.25, -0.2) is 4.79 Å². The van der Waals surface area contributed by atoms with Crippen molar-refractivity contribution in [2.24, 2.45) is 0 Å². The fourth-order valence-electron chi connectivity index (χ4n) is 4.97. The summed E-state index contributed by atoms with van der Waals surface area (Å²) in [5.41, 5.74) is 4.30. The van der Waals surface area contributed by atoms with Crippen LogP contribution in [0, 0.1) is 0 Å².